The summed E-state index contributed by atoms with van der Waals surface area (Å²) in [6, 6.07) is 5.57. The third-order valence-electron chi connectivity index (χ3n) is 3.94. The second-order valence-corrected chi connectivity index (χ2v) is 6.81. The van der Waals surface area contributed by atoms with Crippen LogP contribution in [0.25, 0.3) is 6.08 Å². The van der Waals surface area contributed by atoms with Crippen LogP contribution < -0.4 is 15.8 Å². The maximum absolute atomic E-state index is 12.0. The number of nitrogens with one attached hydrogen (secondary N) is 2. The van der Waals surface area contributed by atoms with Crippen molar-refractivity contribution in [3.05, 3.63) is 50.6 Å². The number of carbonyl (C=O) groups excluding carboxylic acids is 1. The molecule has 24 heavy (non-hydrogen) atoms. The van der Waals surface area contributed by atoms with Gasteiger partial charge >= 0.3 is 0 Å². The predicted molar refractivity (Wildman–Crippen MR) is 96.3 cm³/mol. The van der Waals surface area contributed by atoms with Crippen molar-refractivity contribution < 1.29 is 4.79 Å². The highest BCUT2D eigenvalue weighted by molar-refractivity contribution is 7.10. The van der Waals surface area contributed by atoms with Gasteiger partial charge in [-0.3, -0.25) is 14.6 Å². The number of amides is 1. The molecule has 0 aliphatic carbocycles. The van der Waals surface area contributed by atoms with E-state index in [-0.39, 0.29) is 17.5 Å². The van der Waals surface area contributed by atoms with Crippen molar-refractivity contribution in [2.24, 2.45) is 0 Å². The Morgan fingerprint density at radius 1 is 1.46 bits per heavy atom. The molecule has 0 atom stereocenters. The number of rotatable bonds is 4. The highest BCUT2D eigenvalue weighted by Gasteiger charge is 2.21. The Hall–Kier alpha value is -2.41. The Morgan fingerprint density at radius 3 is 2.92 bits per heavy atom. The summed E-state index contributed by atoms with van der Waals surface area (Å²) in [7, 11) is 0. The summed E-state index contributed by atoms with van der Waals surface area (Å²) in [5, 5.41) is 5.02. The van der Waals surface area contributed by atoms with E-state index in [9.17, 15) is 9.59 Å². The van der Waals surface area contributed by atoms with Gasteiger partial charge in [-0.05, 0) is 37.3 Å². The van der Waals surface area contributed by atoms with Crippen molar-refractivity contribution >= 4 is 29.3 Å². The molecular weight excluding hydrogens is 324 g/mol. The van der Waals surface area contributed by atoms with Crippen LogP contribution in [-0.4, -0.2) is 35.0 Å². The first kappa shape index (κ1) is 16.4. The van der Waals surface area contributed by atoms with Crippen LogP contribution in [0.4, 0.5) is 5.95 Å². The number of carbonyl (C=O) groups is 1. The molecule has 6 nitrogen and oxygen atoms in total. The van der Waals surface area contributed by atoms with Gasteiger partial charge in [-0.1, -0.05) is 6.07 Å². The molecule has 7 heteroatoms. The number of anilines is 1. The number of nitrogens with zero attached hydrogens (tertiary/aromatic N) is 2. The minimum absolute atomic E-state index is 0.0658. The second-order valence-electron chi connectivity index (χ2n) is 5.83. The van der Waals surface area contributed by atoms with Gasteiger partial charge in [0.15, 0.2) is 0 Å². The number of aryl methyl sites for hydroxylation is 1. The van der Waals surface area contributed by atoms with E-state index in [2.05, 4.69) is 20.2 Å². The van der Waals surface area contributed by atoms with Gasteiger partial charge in [0, 0.05) is 41.8 Å². The van der Waals surface area contributed by atoms with Gasteiger partial charge in [0.25, 0.3) is 5.56 Å². The Kier molecular flexibility index (Phi) is 5.10. The van der Waals surface area contributed by atoms with Crippen LogP contribution >= 0.6 is 11.3 Å². The zero-order valence-corrected chi connectivity index (χ0v) is 14.3. The topological polar surface area (TPSA) is 78.1 Å². The maximum atomic E-state index is 12.0. The van der Waals surface area contributed by atoms with Gasteiger partial charge in [0.2, 0.25) is 11.9 Å². The molecule has 0 aromatic carbocycles. The number of aromatic nitrogens is 2. The normalized spacial score (nSPS) is 15.8. The molecule has 0 radical (unpaired) electrons. The summed E-state index contributed by atoms with van der Waals surface area (Å²) in [6.45, 7) is 3.32. The summed E-state index contributed by atoms with van der Waals surface area (Å²) in [4.78, 5) is 33.8. The average Bonchev–Trinajstić information content (AvgIpc) is 3.06. The molecule has 0 bridgehead atoms. The fraction of sp³-hybridized carbons (Fsp3) is 0.353. The fourth-order valence-corrected chi connectivity index (χ4v) is 3.36. The maximum Gasteiger partial charge on any atom is 0.252 e. The third-order valence-corrected chi connectivity index (χ3v) is 4.78. The molecule has 1 aliphatic heterocycles. The van der Waals surface area contributed by atoms with E-state index in [1.54, 1.807) is 17.4 Å². The molecular formula is C17H20N4O2S. The smallest absolute Gasteiger partial charge is 0.252 e. The molecule has 0 spiro atoms. The minimum Gasteiger partial charge on any atom is -0.350 e. The van der Waals surface area contributed by atoms with E-state index in [1.165, 1.54) is 6.07 Å². The summed E-state index contributed by atoms with van der Waals surface area (Å²) < 4.78 is 0. The van der Waals surface area contributed by atoms with Crippen molar-refractivity contribution in [3.8, 4) is 0 Å². The zero-order chi connectivity index (χ0) is 16.9. The fourth-order valence-electron chi connectivity index (χ4n) is 2.74. The van der Waals surface area contributed by atoms with Gasteiger partial charge in [0.1, 0.15) is 0 Å². The van der Waals surface area contributed by atoms with Gasteiger partial charge in [-0.2, -0.15) is 0 Å². The van der Waals surface area contributed by atoms with Crippen LogP contribution in [0.15, 0.2) is 34.4 Å². The lowest BCUT2D eigenvalue weighted by molar-refractivity contribution is -0.117. The minimum atomic E-state index is -0.133. The van der Waals surface area contributed by atoms with Crippen molar-refractivity contribution in [3.63, 3.8) is 0 Å². The lowest BCUT2D eigenvalue weighted by Gasteiger charge is -2.32. The Labute approximate surface area is 144 Å². The lowest BCUT2D eigenvalue weighted by atomic mass is 10.1. The van der Waals surface area contributed by atoms with Gasteiger partial charge in [-0.15, -0.1) is 11.3 Å². The van der Waals surface area contributed by atoms with Crippen molar-refractivity contribution in [1.29, 1.82) is 0 Å². The Balaban J connectivity index is 1.51. The predicted octanol–water partition coefficient (Wildman–Crippen LogP) is 1.94. The van der Waals surface area contributed by atoms with Gasteiger partial charge < -0.3 is 10.2 Å². The van der Waals surface area contributed by atoms with Crippen LogP contribution in [0.3, 0.4) is 0 Å². The monoisotopic (exact) mass is 344 g/mol. The highest BCUT2D eigenvalue weighted by Crippen LogP contribution is 2.15. The number of H-pyrrole nitrogens is 1. The third kappa shape index (κ3) is 4.32. The molecule has 1 fully saturated rings. The van der Waals surface area contributed by atoms with Crippen LogP contribution in [-0.2, 0) is 4.79 Å². The van der Waals surface area contributed by atoms with E-state index in [0.717, 1.165) is 30.8 Å². The molecule has 0 saturated carbocycles. The molecule has 0 unspecified atom stereocenters. The molecule has 1 saturated heterocycles. The summed E-state index contributed by atoms with van der Waals surface area (Å²) in [6.07, 6.45) is 5.07. The molecule has 1 aliphatic rings. The molecule has 126 valence electrons. The SMILES string of the molecule is Cc1cc(=O)[nH]c(N2CCC(NC(=O)C=Cc3cccs3)CC2)n1. The van der Waals surface area contributed by atoms with Crippen molar-refractivity contribution in [2.75, 3.05) is 18.0 Å². The van der Waals surface area contributed by atoms with Gasteiger partial charge in [0.05, 0.1) is 0 Å². The molecule has 1 amide bonds. The highest BCUT2D eigenvalue weighted by atomic mass is 32.1. The summed E-state index contributed by atoms with van der Waals surface area (Å²) in [5.74, 6) is 0.548. The van der Waals surface area contributed by atoms with Crippen LogP contribution in [0, 0.1) is 6.92 Å². The van der Waals surface area contributed by atoms with E-state index in [4.69, 9.17) is 0 Å². The summed E-state index contributed by atoms with van der Waals surface area (Å²) in [5.41, 5.74) is 0.578. The number of hydrogen-bond donors (Lipinski definition) is 2. The number of hydrogen-bond acceptors (Lipinski definition) is 5. The van der Waals surface area contributed by atoms with Crippen molar-refractivity contribution in [2.45, 2.75) is 25.8 Å². The molecule has 2 aromatic rings. The number of aromatic amines is 1. The quantitative estimate of drug-likeness (QED) is 0.831. The van der Waals surface area contributed by atoms with E-state index >= 15 is 0 Å². The zero-order valence-electron chi connectivity index (χ0n) is 13.5. The number of piperidine rings is 1. The van der Waals surface area contributed by atoms with Crippen LogP contribution in [0.2, 0.25) is 0 Å². The van der Waals surface area contributed by atoms with E-state index in [1.807, 2.05) is 30.5 Å². The number of thiophene rings is 1. The van der Waals surface area contributed by atoms with E-state index < -0.39 is 0 Å². The second kappa shape index (κ2) is 7.44. The first-order valence-corrected chi connectivity index (χ1v) is 8.83. The molecule has 3 heterocycles. The lowest BCUT2D eigenvalue weighted by Crippen LogP contribution is -2.45. The summed E-state index contributed by atoms with van der Waals surface area (Å²) >= 11 is 1.60. The van der Waals surface area contributed by atoms with Crippen LogP contribution in [0.1, 0.15) is 23.4 Å². The van der Waals surface area contributed by atoms with Crippen LogP contribution in [0.5, 0.6) is 0 Å². The average molecular weight is 344 g/mol. The molecule has 2 N–H and O–H groups in total. The first-order valence-electron chi connectivity index (χ1n) is 7.95. The Morgan fingerprint density at radius 2 is 2.25 bits per heavy atom. The molecule has 2 aromatic heterocycles. The molecule has 3 rings (SSSR count). The Bertz CT molecular complexity index is 774. The largest absolute Gasteiger partial charge is 0.350 e. The van der Waals surface area contributed by atoms with Crippen molar-refractivity contribution in [1.82, 2.24) is 15.3 Å². The van der Waals surface area contributed by atoms with Gasteiger partial charge in [-0.25, -0.2) is 4.98 Å². The first-order chi connectivity index (χ1) is 11.6. The van der Waals surface area contributed by atoms with E-state index in [0.29, 0.717) is 11.6 Å². The standard InChI is InChI=1S/C17H20N4O2S/c1-12-11-16(23)20-17(18-12)21-8-6-13(7-9-21)19-15(22)5-4-14-3-2-10-24-14/h2-5,10-11,13H,6-9H2,1H3,(H,19,22)(H,18,20,23).